The van der Waals surface area contributed by atoms with Gasteiger partial charge in [-0.15, -0.1) is 0 Å². The summed E-state index contributed by atoms with van der Waals surface area (Å²) in [4.78, 5) is 23.2. The number of carboxylic acid groups (broad SMARTS) is 1. The Bertz CT molecular complexity index is 813. The number of carboxylic acids is 1. The Balaban J connectivity index is 1.76. The largest absolute Gasteiger partial charge is 0.486 e. The minimum atomic E-state index is -1.10. The Labute approximate surface area is 138 Å². The van der Waals surface area contributed by atoms with Crippen molar-refractivity contribution >= 4 is 23.6 Å². The Morgan fingerprint density at radius 3 is 2.67 bits per heavy atom. The van der Waals surface area contributed by atoms with Gasteiger partial charge in [0.15, 0.2) is 11.5 Å². The van der Waals surface area contributed by atoms with Gasteiger partial charge in [-0.2, -0.15) is 0 Å². The van der Waals surface area contributed by atoms with Gasteiger partial charge >= 0.3 is 5.97 Å². The summed E-state index contributed by atoms with van der Waals surface area (Å²) < 4.78 is 11.1. The summed E-state index contributed by atoms with van der Waals surface area (Å²) in [6.45, 7) is 0.947. The van der Waals surface area contributed by atoms with Crippen LogP contribution in [0.15, 0.2) is 48.5 Å². The molecule has 1 heterocycles. The van der Waals surface area contributed by atoms with Crippen molar-refractivity contribution in [2.75, 3.05) is 18.5 Å². The molecule has 0 atom stereocenters. The molecular weight excluding hydrogens is 310 g/mol. The highest BCUT2D eigenvalue weighted by Crippen LogP contribution is 2.34. The first kappa shape index (κ1) is 15.6. The minimum absolute atomic E-state index is 0.0353. The maximum Gasteiger partial charge on any atom is 0.337 e. The number of para-hydroxylation sites is 2. The lowest BCUT2D eigenvalue weighted by Crippen LogP contribution is -2.16. The first-order chi connectivity index (χ1) is 11.6. The van der Waals surface area contributed by atoms with E-state index in [1.54, 1.807) is 24.3 Å². The van der Waals surface area contributed by atoms with E-state index in [0.29, 0.717) is 30.3 Å². The average Bonchev–Trinajstić information content (AvgIpc) is 2.60. The maximum atomic E-state index is 12.1. The van der Waals surface area contributed by atoms with Crippen molar-refractivity contribution in [3.05, 3.63) is 59.7 Å². The fourth-order valence-electron chi connectivity index (χ4n) is 2.35. The molecule has 2 aromatic carbocycles. The van der Waals surface area contributed by atoms with Crippen LogP contribution in [0.1, 0.15) is 15.9 Å². The molecule has 0 saturated carbocycles. The lowest BCUT2D eigenvalue weighted by atomic mass is 10.1. The quantitative estimate of drug-likeness (QED) is 0.844. The number of ether oxygens (including phenoxy) is 2. The fourth-order valence-corrected chi connectivity index (χ4v) is 2.35. The van der Waals surface area contributed by atoms with E-state index >= 15 is 0 Å². The zero-order valence-electron chi connectivity index (χ0n) is 12.7. The molecule has 0 fully saturated rings. The van der Waals surface area contributed by atoms with E-state index in [0.717, 1.165) is 0 Å². The third-order valence-corrected chi connectivity index (χ3v) is 3.43. The van der Waals surface area contributed by atoms with Gasteiger partial charge < -0.3 is 19.9 Å². The summed E-state index contributed by atoms with van der Waals surface area (Å²) in [6, 6.07) is 11.6. The van der Waals surface area contributed by atoms with Gasteiger partial charge in [-0.3, -0.25) is 4.79 Å². The maximum absolute atomic E-state index is 12.1. The molecule has 2 N–H and O–H groups in total. The molecular formula is C18H15NO5. The summed E-state index contributed by atoms with van der Waals surface area (Å²) in [7, 11) is 0. The topological polar surface area (TPSA) is 84.9 Å². The average molecular weight is 325 g/mol. The Kier molecular flexibility index (Phi) is 4.47. The number of anilines is 1. The molecule has 1 amide bonds. The highest BCUT2D eigenvalue weighted by molar-refractivity contribution is 6.06. The van der Waals surface area contributed by atoms with Crippen LogP contribution in [0.2, 0.25) is 0 Å². The zero-order valence-corrected chi connectivity index (χ0v) is 12.7. The summed E-state index contributed by atoms with van der Waals surface area (Å²) in [5.41, 5.74) is 0.997. The summed E-state index contributed by atoms with van der Waals surface area (Å²) in [5, 5.41) is 11.7. The van der Waals surface area contributed by atoms with Crippen LogP contribution >= 0.6 is 0 Å². The molecule has 24 heavy (non-hydrogen) atoms. The molecule has 0 saturated heterocycles. The molecule has 0 bridgehead atoms. The molecule has 0 unspecified atom stereocenters. The van der Waals surface area contributed by atoms with E-state index in [1.165, 1.54) is 18.2 Å². The van der Waals surface area contributed by atoms with E-state index in [1.807, 2.05) is 12.1 Å². The van der Waals surface area contributed by atoms with Gasteiger partial charge in [-0.05, 0) is 24.3 Å². The fraction of sp³-hybridized carbons (Fsp3) is 0.111. The van der Waals surface area contributed by atoms with Crippen molar-refractivity contribution in [1.82, 2.24) is 0 Å². The van der Waals surface area contributed by atoms with E-state index in [-0.39, 0.29) is 11.3 Å². The number of carbonyl (C=O) groups excluding carboxylic acids is 1. The molecule has 3 rings (SSSR count). The Morgan fingerprint density at radius 1 is 1.04 bits per heavy atom. The van der Waals surface area contributed by atoms with Crippen molar-refractivity contribution in [2.24, 2.45) is 0 Å². The van der Waals surface area contributed by atoms with Crippen molar-refractivity contribution in [3.63, 3.8) is 0 Å². The smallest absolute Gasteiger partial charge is 0.337 e. The van der Waals surface area contributed by atoms with Crippen LogP contribution in [-0.4, -0.2) is 30.2 Å². The van der Waals surface area contributed by atoms with Gasteiger partial charge in [0, 0.05) is 11.6 Å². The lowest BCUT2D eigenvalue weighted by molar-refractivity contribution is -0.111. The first-order valence-corrected chi connectivity index (χ1v) is 7.35. The molecule has 1 aliphatic heterocycles. The van der Waals surface area contributed by atoms with Crippen LogP contribution in [0.5, 0.6) is 11.5 Å². The van der Waals surface area contributed by atoms with Crippen LogP contribution < -0.4 is 14.8 Å². The SMILES string of the molecule is O=C(C=Cc1cccc2c1OCCO2)Nc1ccccc1C(=O)O. The number of rotatable bonds is 4. The minimum Gasteiger partial charge on any atom is -0.486 e. The van der Waals surface area contributed by atoms with Gasteiger partial charge in [-0.1, -0.05) is 24.3 Å². The molecule has 0 aromatic heterocycles. The van der Waals surface area contributed by atoms with Crippen LogP contribution in [0.4, 0.5) is 5.69 Å². The number of carbonyl (C=O) groups is 2. The molecule has 0 spiro atoms. The molecule has 1 aliphatic rings. The Morgan fingerprint density at radius 2 is 1.83 bits per heavy atom. The van der Waals surface area contributed by atoms with Gasteiger partial charge in [-0.25, -0.2) is 4.79 Å². The number of aromatic carboxylic acids is 1. The summed E-state index contributed by atoms with van der Waals surface area (Å²) >= 11 is 0. The van der Waals surface area contributed by atoms with Gasteiger partial charge in [0.25, 0.3) is 0 Å². The van der Waals surface area contributed by atoms with Crippen LogP contribution in [0.3, 0.4) is 0 Å². The van der Waals surface area contributed by atoms with Gasteiger partial charge in [0.1, 0.15) is 13.2 Å². The van der Waals surface area contributed by atoms with Crippen molar-refractivity contribution < 1.29 is 24.2 Å². The standard InChI is InChI=1S/C18H15NO5/c20-16(19-14-6-2-1-5-13(14)18(21)22)9-8-12-4-3-7-15-17(12)24-11-10-23-15/h1-9H,10-11H2,(H,19,20)(H,21,22). The second-order valence-corrected chi connectivity index (χ2v) is 5.04. The highest BCUT2D eigenvalue weighted by atomic mass is 16.6. The zero-order chi connectivity index (χ0) is 16.9. The molecule has 122 valence electrons. The lowest BCUT2D eigenvalue weighted by Gasteiger charge is -2.19. The van der Waals surface area contributed by atoms with Gasteiger partial charge in [0.05, 0.1) is 11.3 Å². The van der Waals surface area contributed by atoms with E-state index in [9.17, 15) is 9.59 Å². The van der Waals surface area contributed by atoms with Crippen LogP contribution in [-0.2, 0) is 4.79 Å². The van der Waals surface area contributed by atoms with Crippen LogP contribution in [0, 0.1) is 0 Å². The summed E-state index contributed by atoms with van der Waals surface area (Å²) in [5.74, 6) is -0.297. The molecule has 6 heteroatoms. The molecule has 2 aromatic rings. The number of amides is 1. The van der Waals surface area contributed by atoms with Crippen molar-refractivity contribution in [3.8, 4) is 11.5 Å². The normalized spacial score (nSPS) is 12.8. The second kappa shape index (κ2) is 6.87. The number of hydrogen-bond donors (Lipinski definition) is 2. The van der Waals surface area contributed by atoms with Crippen molar-refractivity contribution in [1.29, 1.82) is 0 Å². The predicted octanol–water partition coefficient (Wildman–Crippen LogP) is 2.81. The number of nitrogens with one attached hydrogen (secondary N) is 1. The number of fused-ring (bicyclic) bond motifs is 1. The number of benzene rings is 2. The highest BCUT2D eigenvalue weighted by Gasteiger charge is 2.14. The molecule has 6 nitrogen and oxygen atoms in total. The van der Waals surface area contributed by atoms with E-state index in [4.69, 9.17) is 14.6 Å². The Hall–Kier alpha value is -3.28. The van der Waals surface area contributed by atoms with E-state index < -0.39 is 11.9 Å². The van der Waals surface area contributed by atoms with Gasteiger partial charge in [0.2, 0.25) is 5.91 Å². The molecule has 0 radical (unpaired) electrons. The monoisotopic (exact) mass is 325 g/mol. The third kappa shape index (κ3) is 3.38. The summed E-state index contributed by atoms with van der Waals surface area (Å²) in [6.07, 6.45) is 2.93. The van der Waals surface area contributed by atoms with Crippen molar-refractivity contribution in [2.45, 2.75) is 0 Å². The number of hydrogen-bond acceptors (Lipinski definition) is 4. The third-order valence-electron chi connectivity index (χ3n) is 3.43. The molecule has 0 aliphatic carbocycles. The van der Waals surface area contributed by atoms with E-state index in [2.05, 4.69) is 5.32 Å². The predicted molar refractivity (Wildman–Crippen MR) is 88.5 cm³/mol. The van der Waals surface area contributed by atoms with Crippen LogP contribution in [0.25, 0.3) is 6.08 Å². The first-order valence-electron chi connectivity index (χ1n) is 7.35. The second-order valence-electron chi connectivity index (χ2n) is 5.04.